The van der Waals surface area contributed by atoms with Crippen LogP contribution in [0, 0.1) is 17.1 Å². The summed E-state index contributed by atoms with van der Waals surface area (Å²) in [6.07, 6.45) is 1.22. The summed E-state index contributed by atoms with van der Waals surface area (Å²) in [5, 5.41) is 17.9. The van der Waals surface area contributed by atoms with E-state index in [0.29, 0.717) is 11.3 Å². The molecule has 2 rings (SSSR count). The predicted octanol–water partition coefficient (Wildman–Crippen LogP) is 2.56. The van der Waals surface area contributed by atoms with Gasteiger partial charge in [-0.15, -0.1) is 0 Å². The number of hydrogen-bond donors (Lipinski definition) is 1. The van der Waals surface area contributed by atoms with Gasteiger partial charge in [-0.1, -0.05) is 12.1 Å². The molecule has 1 heterocycles. The number of aromatic nitrogens is 1. The molecule has 1 aromatic heterocycles. The second kappa shape index (κ2) is 5.36. The lowest BCUT2D eigenvalue weighted by Gasteiger charge is -2.20. The van der Waals surface area contributed by atoms with E-state index in [2.05, 4.69) is 4.98 Å². The van der Waals surface area contributed by atoms with Crippen molar-refractivity contribution in [3.63, 3.8) is 0 Å². The van der Waals surface area contributed by atoms with E-state index in [9.17, 15) is 9.18 Å². The Morgan fingerprint density at radius 3 is 2.75 bits per heavy atom. The van der Waals surface area contributed by atoms with E-state index in [1.54, 1.807) is 24.3 Å². The average Bonchev–Trinajstić information content (AvgIpc) is 2.46. The van der Waals surface area contributed by atoms with Crippen molar-refractivity contribution in [1.29, 1.82) is 5.26 Å². The van der Waals surface area contributed by atoms with Gasteiger partial charge >= 0.3 is 5.97 Å². The van der Waals surface area contributed by atoms with Crippen LogP contribution in [0.1, 0.15) is 15.9 Å². The molecular weight excluding hydrogens is 261 g/mol. The number of pyridine rings is 1. The molecule has 1 aromatic carbocycles. The number of nitriles is 1. The van der Waals surface area contributed by atoms with Gasteiger partial charge in [-0.05, 0) is 18.2 Å². The molecule has 0 radical (unpaired) electrons. The highest BCUT2D eigenvalue weighted by Crippen LogP contribution is 2.28. The quantitative estimate of drug-likeness (QED) is 0.928. The lowest BCUT2D eigenvalue weighted by molar-refractivity contribution is 0.0692. The first kappa shape index (κ1) is 13.5. The first-order valence-corrected chi connectivity index (χ1v) is 5.67. The number of hydrogen-bond acceptors (Lipinski definition) is 4. The monoisotopic (exact) mass is 271 g/mol. The van der Waals surface area contributed by atoms with Crippen LogP contribution in [0.4, 0.5) is 15.9 Å². The maximum atomic E-state index is 14.1. The van der Waals surface area contributed by atoms with E-state index < -0.39 is 17.3 Å². The van der Waals surface area contributed by atoms with Crippen molar-refractivity contribution in [2.24, 2.45) is 0 Å². The van der Waals surface area contributed by atoms with Crippen molar-refractivity contribution < 1.29 is 14.3 Å². The van der Waals surface area contributed by atoms with E-state index >= 15 is 0 Å². The number of nitrogens with zero attached hydrogens (tertiary/aromatic N) is 3. The fraction of sp³-hybridized carbons (Fsp3) is 0.0714. The maximum Gasteiger partial charge on any atom is 0.338 e. The summed E-state index contributed by atoms with van der Waals surface area (Å²) < 4.78 is 14.1. The smallest absolute Gasteiger partial charge is 0.338 e. The second-order valence-corrected chi connectivity index (χ2v) is 3.99. The highest BCUT2D eigenvalue weighted by atomic mass is 19.1. The van der Waals surface area contributed by atoms with Crippen molar-refractivity contribution in [1.82, 2.24) is 4.98 Å². The largest absolute Gasteiger partial charge is 0.478 e. The van der Waals surface area contributed by atoms with E-state index in [1.807, 2.05) is 6.07 Å². The molecule has 0 amide bonds. The Balaban J connectivity index is 2.55. The molecule has 0 bridgehead atoms. The Hall–Kier alpha value is -2.94. The number of carbonyl (C=O) groups is 1. The number of anilines is 2. The molecule has 0 unspecified atom stereocenters. The number of rotatable bonds is 3. The predicted molar refractivity (Wildman–Crippen MR) is 70.4 cm³/mol. The third-order valence-electron chi connectivity index (χ3n) is 2.80. The van der Waals surface area contributed by atoms with E-state index in [1.165, 1.54) is 18.1 Å². The van der Waals surface area contributed by atoms with Crippen LogP contribution in [0.5, 0.6) is 0 Å². The lowest BCUT2D eigenvalue weighted by atomic mass is 10.1. The summed E-state index contributed by atoms with van der Waals surface area (Å²) in [4.78, 5) is 16.1. The van der Waals surface area contributed by atoms with Crippen LogP contribution in [-0.4, -0.2) is 23.1 Å². The molecule has 20 heavy (non-hydrogen) atoms. The Morgan fingerprint density at radius 1 is 1.40 bits per heavy atom. The zero-order chi connectivity index (χ0) is 14.7. The number of aromatic carboxylic acids is 1. The van der Waals surface area contributed by atoms with E-state index in [4.69, 9.17) is 10.4 Å². The zero-order valence-electron chi connectivity index (χ0n) is 10.5. The Labute approximate surface area is 114 Å². The summed E-state index contributed by atoms with van der Waals surface area (Å²) in [7, 11) is 1.52. The van der Waals surface area contributed by atoms with Crippen LogP contribution in [-0.2, 0) is 0 Å². The molecule has 0 aliphatic carbocycles. The molecule has 0 saturated heterocycles. The van der Waals surface area contributed by atoms with Crippen LogP contribution in [0.3, 0.4) is 0 Å². The maximum absolute atomic E-state index is 14.1. The first-order valence-electron chi connectivity index (χ1n) is 5.67. The Bertz CT molecular complexity index is 710. The summed E-state index contributed by atoms with van der Waals surface area (Å²) in [5.74, 6) is -2.45. The van der Waals surface area contributed by atoms with Crippen molar-refractivity contribution in [3.05, 3.63) is 53.5 Å². The van der Waals surface area contributed by atoms with Crippen molar-refractivity contribution in [2.45, 2.75) is 0 Å². The van der Waals surface area contributed by atoms with Gasteiger partial charge in [0.2, 0.25) is 0 Å². The summed E-state index contributed by atoms with van der Waals surface area (Å²) >= 11 is 0. The average molecular weight is 271 g/mol. The molecule has 0 saturated carbocycles. The minimum Gasteiger partial charge on any atom is -0.478 e. The molecule has 1 N–H and O–H groups in total. The summed E-state index contributed by atoms with van der Waals surface area (Å²) in [5.41, 5.74) is 0.331. The van der Waals surface area contributed by atoms with Crippen LogP contribution >= 0.6 is 0 Å². The number of halogens is 1. The minimum absolute atomic E-state index is 0.146. The Kier molecular flexibility index (Phi) is 3.62. The van der Waals surface area contributed by atoms with E-state index in [0.717, 1.165) is 6.07 Å². The molecule has 0 atom stereocenters. The number of para-hydroxylation sites is 1. The molecule has 6 heteroatoms. The third-order valence-corrected chi connectivity index (χ3v) is 2.80. The second-order valence-electron chi connectivity index (χ2n) is 3.99. The molecular formula is C14H10FN3O2. The molecule has 0 spiro atoms. The number of carboxylic acid groups (broad SMARTS) is 1. The molecule has 0 fully saturated rings. The highest BCUT2D eigenvalue weighted by Gasteiger charge is 2.19. The first-order chi connectivity index (χ1) is 9.56. The zero-order valence-corrected chi connectivity index (χ0v) is 10.5. The number of carboxylic acids is 1. The lowest BCUT2D eigenvalue weighted by Crippen LogP contribution is -2.16. The van der Waals surface area contributed by atoms with Gasteiger partial charge in [-0.25, -0.2) is 14.2 Å². The van der Waals surface area contributed by atoms with Gasteiger partial charge in [0, 0.05) is 13.2 Å². The minimum atomic E-state index is -1.37. The molecule has 0 aliphatic rings. The summed E-state index contributed by atoms with van der Waals surface area (Å²) in [6.45, 7) is 0. The Morgan fingerprint density at radius 2 is 2.10 bits per heavy atom. The fourth-order valence-electron chi connectivity index (χ4n) is 1.81. The third kappa shape index (κ3) is 2.29. The van der Waals surface area contributed by atoms with Crippen LogP contribution in [0.15, 0.2) is 36.5 Å². The van der Waals surface area contributed by atoms with Gasteiger partial charge in [0.15, 0.2) is 11.6 Å². The molecule has 100 valence electrons. The summed E-state index contributed by atoms with van der Waals surface area (Å²) in [6, 6.07) is 9.69. The van der Waals surface area contributed by atoms with Gasteiger partial charge in [-0.3, -0.25) is 0 Å². The standard InChI is InChI=1S/C14H10FN3O2/c1-18(11-5-3-2-4-9(11)8-16)13-12(15)10(14(19)20)6-7-17-13/h2-7H,1H3,(H,19,20). The van der Waals surface area contributed by atoms with E-state index in [-0.39, 0.29) is 5.82 Å². The molecule has 5 nitrogen and oxygen atoms in total. The van der Waals surface area contributed by atoms with Crippen LogP contribution in [0.2, 0.25) is 0 Å². The normalized spacial score (nSPS) is 9.85. The fourth-order valence-corrected chi connectivity index (χ4v) is 1.81. The molecule has 0 aliphatic heterocycles. The van der Waals surface area contributed by atoms with Gasteiger partial charge in [0.05, 0.1) is 11.3 Å². The van der Waals surface area contributed by atoms with Gasteiger partial charge in [0.1, 0.15) is 11.6 Å². The topological polar surface area (TPSA) is 77.2 Å². The van der Waals surface area contributed by atoms with Crippen molar-refractivity contribution in [3.8, 4) is 6.07 Å². The van der Waals surface area contributed by atoms with Gasteiger partial charge in [0.25, 0.3) is 0 Å². The van der Waals surface area contributed by atoms with Gasteiger partial charge in [-0.2, -0.15) is 5.26 Å². The van der Waals surface area contributed by atoms with Crippen LogP contribution in [0.25, 0.3) is 0 Å². The highest BCUT2D eigenvalue weighted by molar-refractivity contribution is 5.89. The van der Waals surface area contributed by atoms with Crippen molar-refractivity contribution >= 4 is 17.5 Å². The van der Waals surface area contributed by atoms with Crippen molar-refractivity contribution in [2.75, 3.05) is 11.9 Å². The number of benzene rings is 1. The van der Waals surface area contributed by atoms with Gasteiger partial charge < -0.3 is 10.0 Å². The van der Waals surface area contributed by atoms with Crippen LogP contribution < -0.4 is 4.90 Å². The molecule has 2 aromatic rings. The SMILES string of the molecule is CN(c1ccccc1C#N)c1nccc(C(=O)O)c1F.